The Balaban J connectivity index is 3.48. The molecule has 1 amide bonds. The van der Waals surface area contributed by atoms with Gasteiger partial charge >= 0.3 is 0 Å². The molecule has 0 radical (unpaired) electrons. The van der Waals surface area contributed by atoms with E-state index in [0.29, 0.717) is 12.8 Å². The standard InChI is InChI=1S/C52H101NO4/c1-3-5-7-9-11-13-15-16-17-18-19-20-21-22-23-24-25-26-27-28-29-30-31-32-33-34-36-37-39-41-43-45-49(55)47-52(57)53-50(48-54)51(56)46-44-42-40-38-35-14-12-10-8-6-4-2/h19-20,22-23,49-51,54-56H,3-18,21,24-48H2,1-2H3,(H,53,57)/b20-19-,23-22-. The topological polar surface area (TPSA) is 89.8 Å². The third kappa shape index (κ3) is 44.2. The number of nitrogens with one attached hydrogen (secondary N) is 1. The molecular formula is C52H101NO4. The number of aliphatic hydroxyl groups excluding tert-OH is 3. The molecular weight excluding hydrogens is 703 g/mol. The predicted octanol–water partition coefficient (Wildman–Crippen LogP) is 15.3. The Morgan fingerprint density at radius 2 is 0.754 bits per heavy atom. The van der Waals surface area contributed by atoms with Crippen molar-refractivity contribution in [3.63, 3.8) is 0 Å². The average molecular weight is 804 g/mol. The molecule has 0 spiro atoms. The molecule has 0 saturated carbocycles. The quantitative estimate of drug-likeness (QED) is 0.0364. The summed E-state index contributed by atoms with van der Waals surface area (Å²) in [5.74, 6) is -0.281. The smallest absolute Gasteiger partial charge is 0.222 e. The van der Waals surface area contributed by atoms with E-state index in [1.54, 1.807) is 0 Å². The minimum absolute atomic E-state index is 0.0387. The second-order valence-electron chi connectivity index (χ2n) is 17.8. The number of rotatable bonds is 47. The summed E-state index contributed by atoms with van der Waals surface area (Å²) in [6.07, 6.45) is 59.0. The third-order valence-corrected chi connectivity index (χ3v) is 12.0. The molecule has 338 valence electrons. The van der Waals surface area contributed by atoms with E-state index >= 15 is 0 Å². The zero-order valence-electron chi connectivity index (χ0n) is 38.5. The van der Waals surface area contributed by atoms with Crippen molar-refractivity contribution in [2.45, 2.75) is 295 Å². The highest BCUT2D eigenvalue weighted by atomic mass is 16.3. The van der Waals surface area contributed by atoms with Gasteiger partial charge in [-0.2, -0.15) is 0 Å². The Morgan fingerprint density at radius 3 is 1.11 bits per heavy atom. The van der Waals surface area contributed by atoms with Gasteiger partial charge in [-0.3, -0.25) is 4.79 Å². The number of aliphatic hydroxyl groups is 3. The van der Waals surface area contributed by atoms with Crippen molar-refractivity contribution in [3.05, 3.63) is 24.3 Å². The van der Waals surface area contributed by atoms with Gasteiger partial charge in [-0.05, 0) is 44.9 Å². The van der Waals surface area contributed by atoms with Gasteiger partial charge < -0.3 is 20.6 Å². The van der Waals surface area contributed by atoms with Crippen LogP contribution < -0.4 is 5.32 Å². The van der Waals surface area contributed by atoms with E-state index < -0.39 is 18.2 Å². The van der Waals surface area contributed by atoms with Crippen LogP contribution in [-0.2, 0) is 4.79 Å². The fraction of sp³-hybridized carbons (Fsp3) is 0.904. The van der Waals surface area contributed by atoms with Gasteiger partial charge in [0.2, 0.25) is 5.91 Å². The molecule has 0 bridgehead atoms. The molecule has 0 aliphatic rings. The van der Waals surface area contributed by atoms with Crippen molar-refractivity contribution in [1.29, 1.82) is 0 Å². The van der Waals surface area contributed by atoms with Crippen LogP contribution in [0, 0.1) is 0 Å². The molecule has 0 fully saturated rings. The molecule has 57 heavy (non-hydrogen) atoms. The van der Waals surface area contributed by atoms with Crippen LogP contribution in [0.4, 0.5) is 0 Å². The molecule has 0 rings (SSSR count). The van der Waals surface area contributed by atoms with Gasteiger partial charge in [-0.25, -0.2) is 0 Å². The van der Waals surface area contributed by atoms with E-state index in [1.807, 2.05) is 0 Å². The zero-order chi connectivity index (χ0) is 41.5. The summed E-state index contributed by atoms with van der Waals surface area (Å²) in [5, 5.41) is 33.4. The van der Waals surface area contributed by atoms with Crippen LogP contribution in [0.15, 0.2) is 24.3 Å². The molecule has 0 aromatic carbocycles. The van der Waals surface area contributed by atoms with E-state index in [-0.39, 0.29) is 18.9 Å². The normalized spacial score (nSPS) is 13.6. The number of unbranched alkanes of at least 4 members (excludes halogenated alkanes) is 34. The highest BCUT2D eigenvalue weighted by molar-refractivity contribution is 5.76. The van der Waals surface area contributed by atoms with Crippen LogP contribution in [0.2, 0.25) is 0 Å². The molecule has 4 N–H and O–H groups in total. The average Bonchev–Trinajstić information content (AvgIpc) is 3.20. The van der Waals surface area contributed by atoms with E-state index in [9.17, 15) is 20.1 Å². The molecule has 0 aromatic heterocycles. The third-order valence-electron chi connectivity index (χ3n) is 12.0. The second-order valence-corrected chi connectivity index (χ2v) is 17.8. The molecule has 5 nitrogen and oxygen atoms in total. The molecule has 3 unspecified atom stereocenters. The van der Waals surface area contributed by atoms with Gasteiger partial charge in [-0.15, -0.1) is 0 Å². The Morgan fingerprint density at radius 1 is 0.439 bits per heavy atom. The first-order valence-corrected chi connectivity index (χ1v) is 25.6. The first kappa shape index (κ1) is 55.8. The molecule has 3 atom stereocenters. The van der Waals surface area contributed by atoms with Gasteiger partial charge in [0.25, 0.3) is 0 Å². The summed E-state index contributed by atoms with van der Waals surface area (Å²) in [6.45, 7) is 4.26. The van der Waals surface area contributed by atoms with E-state index in [1.165, 1.54) is 212 Å². The summed E-state index contributed by atoms with van der Waals surface area (Å²) < 4.78 is 0. The van der Waals surface area contributed by atoms with Crippen LogP contribution >= 0.6 is 0 Å². The number of carbonyl (C=O) groups excluding carboxylic acids is 1. The summed E-state index contributed by atoms with van der Waals surface area (Å²) in [5.41, 5.74) is 0. The molecule has 0 saturated heterocycles. The predicted molar refractivity (Wildman–Crippen MR) is 250 cm³/mol. The summed E-state index contributed by atoms with van der Waals surface area (Å²) >= 11 is 0. The molecule has 5 heteroatoms. The Labute approximate surface area is 356 Å². The summed E-state index contributed by atoms with van der Waals surface area (Å²) in [7, 11) is 0. The minimum atomic E-state index is -0.746. The Hall–Kier alpha value is -1.17. The maximum Gasteiger partial charge on any atom is 0.222 e. The molecule has 0 aliphatic carbocycles. The zero-order valence-corrected chi connectivity index (χ0v) is 38.5. The van der Waals surface area contributed by atoms with Crippen LogP contribution in [0.5, 0.6) is 0 Å². The lowest BCUT2D eigenvalue weighted by Gasteiger charge is -2.23. The Bertz CT molecular complexity index is 844. The maximum absolute atomic E-state index is 12.5. The van der Waals surface area contributed by atoms with Crippen molar-refractivity contribution in [3.8, 4) is 0 Å². The van der Waals surface area contributed by atoms with Crippen LogP contribution in [0.3, 0.4) is 0 Å². The van der Waals surface area contributed by atoms with Crippen LogP contribution in [0.25, 0.3) is 0 Å². The van der Waals surface area contributed by atoms with Gasteiger partial charge in [0.15, 0.2) is 0 Å². The lowest BCUT2D eigenvalue weighted by Crippen LogP contribution is -2.46. The van der Waals surface area contributed by atoms with Gasteiger partial charge in [-0.1, -0.05) is 250 Å². The highest BCUT2D eigenvalue weighted by Crippen LogP contribution is 2.17. The lowest BCUT2D eigenvalue weighted by molar-refractivity contribution is -0.125. The SMILES string of the molecule is CCCCCCCCCCC/C=C\C/C=C\CCCCCCCCCCCCCCCCCC(O)CC(=O)NC(CO)C(O)CCCCCCCCCCCCC. The van der Waals surface area contributed by atoms with E-state index in [0.717, 1.165) is 32.1 Å². The van der Waals surface area contributed by atoms with Crippen molar-refractivity contribution in [2.24, 2.45) is 0 Å². The van der Waals surface area contributed by atoms with Crippen LogP contribution in [-0.4, -0.2) is 46.1 Å². The minimum Gasteiger partial charge on any atom is -0.394 e. The van der Waals surface area contributed by atoms with Gasteiger partial charge in [0.1, 0.15) is 0 Å². The fourth-order valence-corrected chi connectivity index (χ4v) is 8.08. The van der Waals surface area contributed by atoms with Crippen LogP contribution in [0.1, 0.15) is 277 Å². The first-order chi connectivity index (χ1) is 28.0. The van der Waals surface area contributed by atoms with E-state index in [4.69, 9.17) is 0 Å². The number of hydrogen-bond donors (Lipinski definition) is 4. The molecule has 0 heterocycles. The molecule has 0 aromatic rings. The van der Waals surface area contributed by atoms with Crippen molar-refractivity contribution in [2.75, 3.05) is 6.61 Å². The van der Waals surface area contributed by atoms with Gasteiger partial charge in [0, 0.05) is 0 Å². The van der Waals surface area contributed by atoms with Crippen molar-refractivity contribution >= 4 is 5.91 Å². The lowest BCUT2D eigenvalue weighted by atomic mass is 10.0. The Kier molecular flexibility index (Phi) is 46.5. The summed E-state index contributed by atoms with van der Waals surface area (Å²) in [4.78, 5) is 12.5. The first-order valence-electron chi connectivity index (χ1n) is 25.6. The highest BCUT2D eigenvalue weighted by Gasteiger charge is 2.21. The van der Waals surface area contributed by atoms with Crippen molar-refractivity contribution < 1.29 is 20.1 Å². The van der Waals surface area contributed by atoms with Gasteiger partial charge in [0.05, 0.1) is 31.3 Å². The maximum atomic E-state index is 12.5. The monoisotopic (exact) mass is 804 g/mol. The van der Waals surface area contributed by atoms with E-state index in [2.05, 4.69) is 43.5 Å². The second kappa shape index (κ2) is 47.5. The molecule has 0 aliphatic heterocycles. The van der Waals surface area contributed by atoms with Crippen molar-refractivity contribution in [1.82, 2.24) is 5.32 Å². The number of amides is 1. The number of hydrogen-bond acceptors (Lipinski definition) is 4. The number of allylic oxidation sites excluding steroid dienone is 4. The fourth-order valence-electron chi connectivity index (χ4n) is 8.08. The number of carbonyl (C=O) groups is 1. The summed E-state index contributed by atoms with van der Waals surface area (Å²) in [6, 6.07) is -0.655. The largest absolute Gasteiger partial charge is 0.394 e.